The van der Waals surface area contributed by atoms with Crippen LogP contribution in [-0.2, 0) is 17.8 Å². The normalized spacial score (nSPS) is 24.4. The molecule has 0 bridgehead atoms. The molecule has 1 aromatic rings. The molecule has 1 aromatic carbocycles. The molecule has 6 nitrogen and oxygen atoms in total. The molecule has 2 N–H and O–H groups in total. The smallest absolute Gasteiger partial charge is 0.191 e. The maximum atomic E-state index is 5.44. The van der Waals surface area contributed by atoms with Gasteiger partial charge in [-0.05, 0) is 37.3 Å². The summed E-state index contributed by atoms with van der Waals surface area (Å²) in [7, 11) is 0. The average Bonchev–Trinajstić information content (AvgIpc) is 3.46. The van der Waals surface area contributed by atoms with Crippen LogP contribution in [0, 0.1) is 0 Å². The Kier molecular flexibility index (Phi) is 8.01. The van der Waals surface area contributed by atoms with Gasteiger partial charge in [0.2, 0.25) is 0 Å². The lowest BCUT2D eigenvalue weighted by atomic mass is 10.1. The van der Waals surface area contributed by atoms with Crippen molar-refractivity contribution in [1.82, 2.24) is 20.4 Å². The lowest BCUT2D eigenvalue weighted by Crippen LogP contribution is -2.45. The number of nitrogens with one attached hydrogen (secondary N) is 2. The second kappa shape index (κ2) is 11.1. The van der Waals surface area contributed by atoms with Crippen molar-refractivity contribution in [2.75, 3.05) is 45.9 Å². The highest BCUT2D eigenvalue weighted by atomic mass is 16.5. The lowest BCUT2D eigenvalue weighted by Gasteiger charge is -2.26. The van der Waals surface area contributed by atoms with Gasteiger partial charge < -0.3 is 15.4 Å². The van der Waals surface area contributed by atoms with E-state index in [1.807, 2.05) is 0 Å². The summed E-state index contributed by atoms with van der Waals surface area (Å²) >= 11 is 0. The number of aliphatic imine (C=N–C) groups is 1. The van der Waals surface area contributed by atoms with Gasteiger partial charge in [0.25, 0.3) is 0 Å². The van der Waals surface area contributed by atoms with E-state index in [0.717, 1.165) is 57.9 Å². The minimum Gasteiger partial charge on any atom is -0.379 e. The minimum atomic E-state index is 0.513. The molecular weight excluding hydrogens is 374 g/mol. The summed E-state index contributed by atoms with van der Waals surface area (Å²) in [6.07, 6.45) is 6.82. The first-order chi connectivity index (χ1) is 14.8. The van der Waals surface area contributed by atoms with E-state index in [9.17, 15) is 0 Å². The predicted octanol–water partition coefficient (Wildman–Crippen LogP) is 2.59. The van der Waals surface area contributed by atoms with E-state index in [-0.39, 0.29) is 0 Å². The molecule has 166 valence electrons. The maximum absolute atomic E-state index is 5.44. The van der Waals surface area contributed by atoms with Crippen LogP contribution >= 0.6 is 0 Å². The fourth-order valence-electron chi connectivity index (χ4n) is 4.96. The third-order valence-corrected chi connectivity index (χ3v) is 6.70. The Morgan fingerprint density at radius 1 is 1.03 bits per heavy atom. The van der Waals surface area contributed by atoms with Gasteiger partial charge in [-0.15, -0.1) is 0 Å². The zero-order valence-corrected chi connectivity index (χ0v) is 18.6. The molecule has 1 saturated carbocycles. The molecule has 0 spiro atoms. The highest BCUT2D eigenvalue weighted by molar-refractivity contribution is 5.80. The summed E-state index contributed by atoms with van der Waals surface area (Å²) in [4.78, 5) is 10.0. The molecule has 0 amide bonds. The number of hydrogen-bond donors (Lipinski definition) is 2. The third-order valence-electron chi connectivity index (χ3n) is 6.70. The summed E-state index contributed by atoms with van der Waals surface area (Å²) in [6, 6.07) is 10.3. The van der Waals surface area contributed by atoms with Gasteiger partial charge in [-0.2, -0.15) is 0 Å². The molecule has 6 heteroatoms. The number of benzene rings is 1. The Labute approximate surface area is 182 Å². The summed E-state index contributed by atoms with van der Waals surface area (Å²) in [6.45, 7) is 10.9. The van der Waals surface area contributed by atoms with Crippen LogP contribution in [0.4, 0.5) is 0 Å². The fraction of sp³-hybridized carbons (Fsp3) is 0.708. The molecule has 2 saturated heterocycles. The lowest BCUT2D eigenvalue weighted by molar-refractivity contribution is 0.0342. The predicted molar refractivity (Wildman–Crippen MR) is 123 cm³/mol. The van der Waals surface area contributed by atoms with Gasteiger partial charge in [-0.1, -0.05) is 37.1 Å². The zero-order valence-electron chi connectivity index (χ0n) is 18.6. The summed E-state index contributed by atoms with van der Waals surface area (Å²) < 4.78 is 5.44. The summed E-state index contributed by atoms with van der Waals surface area (Å²) in [5.74, 6) is 0.952. The van der Waals surface area contributed by atoms with Crippen molar-refractivity contribution in [2.45, 2.75) is 64.2 Å². The molecule has 3 aliphatic rings. The molecule has 30 heavy (non-hydrogen) atoms. The van der Waals surface area contributed by atoms with Crippen molar-refractivity contribution in [3.63, 3.8) is 0 Å². The van der Waals surface area contributed by atoms with Crippen molar-refractivity contribution in [3.8, 4) is 0 Å². The fourth-order valence-corrected chi connectivity index (χ4v) is 4.96. The first-order valence-electron chi connectivity index (χ1n) is 12.0. The van der Waals surface area contributed by atoms with Crippen LogP contribution in [0.25, 0.3) is 0 Å². The number of nitrogens with zero attached hydrogens (tertiary/aromatic N) is 3. The van der Waals surface area contributed by atoms with Crippen LogP contribution in [0.3, 0.4) is 0 Å². The zero-order chi connectivity index (χ0) is 20.6. The molecule has 1 aliphatic carbocycles. The molecule has 4 rings (SSSR count). The monoisotopic (exact) mass is 413 g/mol. The highest BCUT2D eigenvalue weighted by Crippen LogP contribution is 2.26. The Hall–Kier alpha value is -1.63. The second-order valence-electron chi connectivity index (χ2n) is 8.96. The number of rotatable bonds is 7. The summed E-state index contributed by atoms with van der Waals surface area (Å²) in [5, 5.41) is 7.12. The number of guanidine groups is 1. The second-order valence-corrected chi connectivity index (χ2v) is 8.96. The third kappa shape index (κ3) is 6.19. The Bertz CT molecular complexity index is 665. The molecule has 3 fully saturated rings. The van der Waals surface area contributed by atoms with E-state index in [1.165, 1.54) is 49.8 Å². The number of hydrogen-bond acceptors (Lipinski definition) is 4. The van der Waals surface area contributed by atoms with Gasteiger partial charge in [-0.3, -0.25) is 9.80 Å². The Morgan fingerprint density at radius 3 is 2.50 bits per heavy atom. The quantitative estimate of drug-likeness (QED) is 0.532. The van der Waals surface area contributed by atoms with Crippen molar-refractivity contribution in [1.29, 1.82) is 0 Å². The van der Waals surface area contributed by atoms with E-state index < -0.39 is 0 Å². The number of likely N-dealkylation sites (tertiary alicyclic amines) is 1. The minimum absolute atomic E-state index is 0.513. The molecule has 1 atom stereocenters. The van der Waals surface area contributed by atoms with Crippen LogP contribution in [0.5, 0.6) is 0 Å². The van der Waals surface area contributed by atoms with Gasteiger partial charge in [0.05, 0.1) is 19.8 Å². The van der Waals surface area contributed by atoms with Gasteiger partial charge >= 0.3 is 0 Å². The van der Waals surface area contributed by atoms with Crippen LogP contribution in [0.2, 0.25) is 0 Å². The standard InChI is InChI=1S/C24H39N5O/c1-2-25-24(27-22-11-12-29(19-22)23-5-3-4-6-23)26-17-20-7-9-21(10-8-20)18-28-13-15-30-16-14-28/h7-10,22-23H,2-6,11-19H2,1H3,(H2,25,26,27). The Balaban J connectivity index is 1.27. The first kappa shape index (κ1) is 21.6. The van der Waals surface area contributed by atoms with E-state index >= 15 is 0 Å². The SMILES string of the molecule is CCNC(=NCc1ccc(CN2CCOCC2)cc1)NC1CCN(C2CCCC2)C1. The molecule has 2 heterocycles. The van der Waals surface area contributed by atoms with Gasteiger partial charge in [0.1, 0.15) is 0 Å². The van der Waals surface area contributed by atoms with Crippen LogP contribution in [0.15, 0.2) is 29.3 Å². The van der Waals surface area contributed by atoms with E-state index in [1.54, 1.807) is 0 Å². The molecule has 0 aromatic heterocycles. The maximum Gasteiger partial charge on any atom is 0.191 e. The van der Waals surface area contributed by atoms with Crippen LogP contribution < -0.4 is 10.6 Å². The average molecular weight is 414 g/mol. The van der Waals surface area contributed by atoms with Crippen molar-refractivity contribution < 1.29 is 4.74 Å². The van der Waals surface area contributed by atoms with E-state index in [4.69, 9.17) is 9.73 Å². The topological polar surface area (TPSA) is 52.1 Å². The molecular formula is C24H39N5O. The number of morpholine rings is 1. The summed E-state index contributed by atoms with van der Waals surface area (Å²) in [5.41, 5.74) is 2.63. The number of ether oxygens (including phenoxy) is 1. The van der Waals surface area contributed by atoms with Crippen molar-refractivity contribution >= 4 is 5.96 Å². The van der Waals surface area contributed by atoms with Crippen molar-refractivity contribution in [3.05, 3.63) is 35.4 Å². The van der Waals surface area contributed by atoms with E-state index in [2.05, 4.69) is 51.6 Å². The van der Waals surface area contributed by atoms with Crippen molar-refractivity contribution in [2.24, 2.45) is 4.99 Å². The van der Waals surface area contributed by atoms with Gasteiger partial charge in [0, 0.05) is 51.4 Å². The largest absolute Gasteiger partial charge is 0.379 e. The van der Waals surface area contributed by atoms with Gasteiger partial charge in [0.15, 0.2) is 5.96 Å². The van der Waals surface area contributed by atoms with E-state index in [0.29, 0.717) is 12.6 Å². The van der Waals surface area contributed by atoms with Gasteiger partial charge in [-0.25, -0.2) is 4.99 Å². The van der Waals surface area contributed by atoms with Crippen LogP contribution in [-0.4, -0.2) is 73.8 Å². The molecule has 1 unspecified atom stereocenters. The van der Waals surface area contributed by atoms with Crippen LogP contribution in [0.1, 0.15) is 50.2 Å². The molecule has 0 radical (unpaired) electrons. The first-order valence-corrected chi connectivity index (χ1v) is 12.0. The Morgan fingerprint density at radius 2 is 1.77 bits per heavy atom. The molecule has 2 aliphatic heterocycles. The highest BCUT2D eigenvalue weighted by Gasteiger charge is 2.30.